The molecule has 2 saturated carbocycles. The Hall–Kier alpha value is -0.0400. The largest absolute Gasteiger partial charge is 0.314 e. The fourth-order valence-corrected chi connectivity index (χ4v) is 3.02. The summed E-state index contributed by atoms with van der Waals surface area (Å²) in [6.07, 6.45) is 13.2. The molecule has 0 aromatic rings. The maximum Gasteiger partial charge on any atom is 0.00682 e. The fourth-order valence-electron chi connectivity index (χ4n) is 3.02. The molecule has 0 heterocycles. The van der Waals surface area contributed by atoms with E-state index in [9.17, 15) is 0 Å². The third kappa shape index (κ3) is 4.14. The highest BCUT2D eigenvalue weighted by molar-refractivity contribution is 4.80. The molecule has 0 saturated heterocycles. The molecule has 0 aromatic heterocycles. The quantitative estimate of drug-likeness (QED) is 0.657. The first-order chi connectivity index (χ1) is 7.38. The summed E-state index contributed by atoms with van der Waals surface area (Å²) in [4.78, 5) is 0. The smallest absolute Gasteiger partial charge is 0.00682 e. The van der Waals surface area contributed by atoms with Crippen molar-refractivity contribution in [3.63, 3.8) is 0 Å². The lowest BCUT2D eigenvalue weighted by Gasteiger charge is -2.28. The van der Waals surface area contributed by atoms with Crippen molar-refractivity contribution in [3.05, 3.63) is 0 Å². The SMILES string of the molecule is CCC1CCCC(CCCNC2CC2)C1. The van der Waals surface area contributed by atoms with Crippen molar-refractivity contribution in [2.75, 3.05) is 6.54 Å². The highest BCUT2D eigenvalue weighted by atomic mass is 14.9. The van der Waals surface area contributed by atoms with Crippen LogP contribution in [-0.2, 0) is 0 Å². The van der Waals surface area contributed by atoms with Crippen molar-refractivity contribution >= 4 is 0 Å². The van der Waals surface area contributed by atoms with Crippen LogP contribution in [0.25, 0.3) is 0 Å². The number of hydrogen-bond donors (Lipinski definition) is 1. The van der Waals surface area contributed by atoms with Crippen LogP contribution in [0.4, 0.5) is 0 Å². The maximum absolute atomic E-state index is 3.62. The van der Waals surface area contributed by atoms with Crippen LogP contribution < -0.4 is 5.32 Å². The van der Waals surface area contributed by atoms with E-state index in [2.05, 4.69) is 12.2 Å². The van der Waals surface area contributed by atoms with Crippen LogP contribution in [0.3, 0.4) is 0 Å². The Kier molecular flexibility index (Phi) is 4.49. The third-order valence-corrected chi connectivity index (χ3v) is 4.27. The molecule has 0 bridgehead atoms. The van der Waals surface area contributed by atoms with E-state index in [4.69, 9.17) is 0 Å². The van der Waals surface area contributed by atoms with E-state index in [0.29, 0.717) is 0 Å². The molecule has 0 aliphatic heterocycles. The molecule has 2 aliphatic rings. The first-order valence-corrected chi connectivity index (χ1v) is 7.12. The van der Waals surface area contributed by atoms with Gasteiger partial charge in [-0.25, -0.2) is 0 Å². The van der Waals surface area contributed by atoms with E-state index >= 15 is 0 Å². The van der Waals surface area contributed by atoms with E-state index in [1.165, 1.54) is 64.3 Å². The predicted molar refractivity (Wildman–Crippen MR) is 66.0 cm³/mol. The molecule has 88 valence electrons. The van der Waals surface area contributed by atoms with Crippen LogP contribution in [0.15, 0.2) is 0 Å². The molecule has 2 aliphatic carbocycles. The van der Waals surface area contributed by atoms with Crippen molar-refractivity contribution in [1.82, 2.24) is 5.32 Å². The van der Waals surface area contributed by atoms with Gasteiger partial charge in [0.2, 0.25) is 0 Å². The van der Waals surface area contributed by atoms with Gasteiger partial charge in [-0.3, -0.25) is 0 Å². The Morgan fingerprint density at radius 2 is 1.87 bits per heavy atom. The van der Waals surface area contributed by atoms with Crippen molar-refractivity contribution in [3.8, 4) is 0 Å². The molecule has 0 aromatic carbocycles. The lowest BCUT2D eigenvalue weighted by atomic mass is 9.78. The summed E-state index contributed by atoms with van der Waals surface area (Å²) in [5.74, 6) is 2.12. The predicted octanol–water partition coefficient (Wildman–Crippen LogP) is 3.74. The summed E-state index contributed by atoms with van der Waals surface area (Å²) in [6, 6.07) is 0.903. The zero-order valence-electron chi connectivity index (χ0n) is 10.3. The second-order valence-corrected chi connectivity index (χ2v) is 5.68. The number of hydrogen-bond acceptors (Lipinski definition) is 1. The van der Waals surface area contributed by atoms with Crippen molar-refractivity contribution < 1.29 is 0 Å². The average molecular weight is 209 g/mol. The van der Waals surface area contributed by atoms with E-state index in [-0.39, 0.29) is 0 Å². The van der Waals surface area contributed by atoms with Crippen LogP contribution >= 0.6 is 0 Å². The second-order valence-electron chi connectivity index (χ2n) is 5.68. The Labute approximate surface area is 95.0 Å². The summed E-state index contributed by atoms with van der Waals surface area (Å²) >= 11 is 0. The van der Waals surface area contributed by atoms with E-state index in [0.717, 1.165) is 17.9 Å². The summed E-state index contributed by atoms with van der Waals surface area (Å²) in [7, 11) is 0. The highest BCUT2D eigenvalue weighted by Gasteiger charge is 2.22. The molecule has 0 amide bonds. The van der Waals surface area contributed by atoms with Crippen LogP contribution in [0.5, 0.6) is 0 Å². The molecular weight excluding hydrogens is 182 g/mol. The first-order valence-electron chi connectivity index (χ1n) is 7.12. The minimum Gasteiger partial charge on any atom is -0.314 e. The van der Waals surface area contributed by atoms with Gasteiger partial charge >= 0.3 is 0 Å². The van der Waals surface area contributed by atoms with Crippen LogP contribution in [-0.4, -0.2) is 12.6 Å². The molecule has 2 atom stereocenters. The van der Waals surface area contributed by atoms with E-state index in [1.807, 2.05) is 0 Å². The molecule has 1 nitrogen and oxygen atoms in total. The van der Waals surface area contributed by atoms with Gasteiger partial charge < -0.3 is 5.32 Å². The minimum absolute atomic E-state index is 0.903. The van der Waals surface area contributed by atoms with Crippen LogP contribution in [0.1, 0.15) is 64.7 Å². The lowest BCUT2D eigenvalue weighted by molar-refractivity contribution is 0.246. The monoisotopic (exact) mass is 209 g/mol. The normalized spacial score (nSPS) is 31.8. The standard InChI is InChI=1S/C14H27N/c1-2-12-5-3-6-13(11-12)7-4-10-15-14-8-9-14/h12-15H,2-11H2,1H3. The van der Waals surface area contributed by atoms with Gasteiger partial charge in [-0.1, -0.05) is 32.6 Å². The lowest BCUT2D eigenvalue weighted by Crippen LogP contribution is -2.20. The third-order valence-electron chi connectivity index (χ3n) is 4.27. The Morgan fingerprint density at radius 3 is 2.60 bits per heavy atom. The summed E-state index contributed by atoms with van der Waals surface area (Å²) in [6.45, 7) is 3.64. The van der Waals surface area contributed by atoms with Gasteiger partial charge in [0.1, 0.15) is 0 Å². The van der Waals surface area contributed by atoms with Gasteiger partial charge in [-0.2, -0.15) is 0 Å². The summed E-state index contributed by atoms with van der Waals surface area (Å²) < 4.78 is 0. The van der Waals surface area contributed by atoms with Gasteiger partial charge in [-0.05, 0) is 50.5 Å². The van der Waals surface area contributed by atoms with Gasteiger partial charge in [0.25, 0.3) is 0 Å². The van der Waals surface area contributed by atoms with Gasteiger partial charge in [0, 0.05) is 6.04 Å². The van der Waals surface area contributed by atoms with Gasteiger partial charge in [-0.15, -0.1) is 0 Å². The molecule has 1 N–H and O–H groups in total. The zero-order valence-corrected chi connectivity index (χ0v) is 10.3. The fraction of sp³-hybridized carbons (Fsp3) is 1.00. The second kappa shape index (κ2) is 5.89. The van der Waals surface area contributed by atoms with Gasteiger partial charge in [0.05, 0.1) is 0 Å². The van der Waals surface area contributed by atoms with Gasteiger partial charge in [0.15, 0.2) is 0 Å². The van der Waals surface area contributed by atoms with Crippen LogP contribution in [0.2, 0.25) is 0 Å². The zero-order chi connectivity index (χ0) is 10.5. The van der Waals surface area contributed by atoms with Crippen LogP contribution in [0, 0.1) is 11.8 Å². The Bertz CT molecular complexity index is 174. The number of nitrogens with one attached hydrogen (secondary N) is 1. The van der Waals surface area contributed by atoms with E-state index < -0.39 is 0 Å². The van der Waals surface area contributed by atoms with Crippen molar-refractivity contribution in [2.24, 2.45) is 11.8 Å². The average Bonchev–Trinajstić information content (AvgIpc) is 3.09. The highest BCUT2D eigenvalue weighted by Crippen LogP contribution is 2.33. The summed E-state index contributed by atoms with van der Waals surface area (Å²) in [5, 5.41) is 3.62. The first kappa shape index (κ1) is 11.4. The molecule has 0 spiro atoms. The molecule has 15 heavy (non-hydrogen) atoms. The number of rotatable bonds is 6. The topological polar surface area (TPSA) is 12.0 Å². The molecule has 2 fully saturated rings. The molecule has 1 heteroatoms. The minimum atomic E-state index is 0.903. The van der Waals surface area contributed by atoms with Crippen molar-refractivity contribution in [1.29, 1.82) is 0 Å². The molecular formula is C14H27N. The van der Waals surface area contributed by atoms with Crippen molar-refractivity contribution in [2.45, 2.75) is 70.8 Å². The Balaban J connectivity index is 1.52. The summed E-state index contributed by atoms with van der Waals surface area (Å²) in [5.41, 5.74) is 0. The molecule has 2 unspecified atom stereocenters. The molecule has 0 radical (unpaired) electrons. The Morgan fingerprint density at radius 1 is 1.07 bits per heavy atom. The molecule has 2 rings (SSSR count). The maximum atomic E-state index is 3.62. The van der Waals surface area contributed by atoms with E-state index in [1.54, 1.807) is 0 Å².